The summed E-state index contributed by atoms with van der Waals surface area (Å²) < 4.78 is 17.0. The Hall–Kier alpha value is -3.12. The Kier molecular flexibility index (Phi) is 3.59. The van der Waals surface area contributed by atoms with E-state index >= 15 is 0 Å². The summed E-state index contributed by atoms with van der Waals surface area (Å²) in [4.78, 5) is 28.1. The predicted molar refractivity (Wildman–Crippen MR) is 103 cm³/mol. The standard InChI is InChI=1S/C23H19NO5/c25-17-8-14-6-7-24-11-15-9-18-19(28-12-27-18)10-16(15)20(21(14)24)22(17)29-23(26)13-4-2-1-3-5-13/h1-5,8-10,20-22H,6-7,11-12H2/t20-,21?,22+/m0/s1. The van der Waals surface area contributed by atoms with Crippen molar-refractivity contribution in [3.05, 3.63) is 70.8 Å². The average molecular weight is 389 g/mol. The Morgan fingerprint density at radius 2 is 1.90 bits per heavy atom. The number of ether oxygens (including phenoxy) is 3. The number of nitrogens with zero attached hydrogens (tertiary/aromatic N) is 1. The summed E-state index contributed by atoms with van der Waals surface area (Å²) in [7, 11) is 0. The van der Waals surface area contributed by atoms with Gasteiger partial charge in [-0.3, -0.25) is 9.69 Å². The van der Waals surface area contributed by atoms with Gasteiger partial charge in [-0.1, -0.05) is 18.2 Å². The Morgan fingerprint density at radius 1 is 1.10 bits per heavy atom. The summed E-state index contributed by atoms with van der Waals surface area (Å²) in [5.74, 6) is 0.566. The number of carbonyl (C=O) groups excluding carboxylic acids is 2. The fourth-order valence-electron chi connectivity index (χ4n) is 5.08. The van der Waals surface area contributed by atoms with Crippen LogP contribution in [0.3, 0.4) is 0 Å². The van der Waals surface area contributed by atoms with Crippen molar-refractivity contribution in [2.45, 2.75) is 31.0 Å². The van der Waals surface area contributed by atoms with Crippen LogP contribution in [-0.2, 0) is 16.1 Å². The lowest BCUT2D eigenvalue weighted by Gasteiger charge is -2.43. The van der Waals surface area contributed by atoms with E-state index in [1.54, 1.807) is 30.3 Å². The minimum absolute atomic E-state index is 0.0779. The van der Waals surface area contributed by atoms with Gasteiger partial charge in [0.1, 0.15) is 0 Å². The molecule has 1 saturated heterocycles. The van der Waals surface area contributed by atoms with E-state index < -0.39 is 12.1 Å². The van der Waals surface area contributed by atoms with Gasteiger partial charge in [-0.05, 0) is 53.5 Å². The molecule has 3 aliphatic heterocycles. The van der Waals surface area contributed by atoms with Crippen LogP contribution in [0.2, 0.25) is 0 Å². The number of carbonyl (C=O) groups is 2. The van der Waals surface area contributed by atoms with Crippen molar-refractivity contribution in [3.63, 3.8) is 0 Å². The summed E-state index contributed by atoms with van der Waals surface area (Å²) in [5.41, 5.74) is 3.70. The normalized spacial score (nSPS) is 26.6. The lowest BCUT2D eigenvalue weighted by atomic mass is 9.73. The maximum Gasteiger partial charge on any atom is 0.338 e. The van der Waals surface area contributed by atoms with E-state index in [2.05, 4.69) is 4.90 Å². The van der Waals surface area contributed by atoms with Crippen molar-refractivity contribution in [1.29, 1.82) is 0 Å². The van der Waals surface area contributed by atoms with Crippen molar-refractivity contribution < 1.29 is 23.8 Å². The molecule has 6 rings (SSSR count). The van der Waals surface area contributed by atoms with E-state index in [1.807, 2.05) is 18.2 Å². The quantitative estimate of drug-likeness (QED) is 0.736. The second-order valence-electron chi connectivity index (χ2n) is 7.91. The van der Waals surface area contributed by atoms with Gasteiger partial charge in [0.25, 0.3) is 0 Å². The average Bonchev–Trinajstić information content (AvgIpc) is 3.36. The highest BCUT2D eigenvalue weighted by atomic mass is 16.7. The molecular formula is C23H19NO5. The molecule has 0 amide bonds. The third kappa shape index (κ3) is 2.52. The van der Waals surface area contributed by atoms with Gasteiger partial charge in [0.2, 0.25) is 6.79 Å². The zero-order valence-electron chi connectivity index (χ0n) is 15.7. The van der Waals surface area contributed by atoms with Gasteiger partial charge in [-0.2, -0.15) is 0 Å². The first-order valence-electron chi connectivity index (χ1n) is 9.86. The fraction of sp³-hybridized carbons (Fsp3) is 0.304. The van der Waals surface area contributed by atoms with Crippen molar-refractivity contribution in [2.24, 2.45) is 0 Å². The summed E-state index contributed by atoms with van der Waals surface area (Å²) in [6.45, 7) is 1.89. The molecule has 0 bridgehead atoms. The van der Waals surface area contributed by atoms with Crippen LogP contribution in [-0.4, -0.2) is 42.1 Å². The number of benzene rings is 2. The highest BCUT2D eigenvalue weighted by molar-refractivity contribution is 6.00. The van der Waals surface area contributed by atoms with Crippen LogP contribution in [0, 0.1) is 0 Å². The summed E-state index contributed by atoms with van der Waals surface area (Å²) in [6.07, 6.45) is 1.71. The second-order valence-corrected chi connectivity index (χ2v) is 7.91. The first-order valence-corrected chi connectivity index (χ1v) is 9.86. The van der Waals surface area contributed by atoms with E-state index in [0.717, 1.165) is 42.0 Å². The van der Waals surface area contributed by atoms with Gasteiger partial charge in [-0.25, -0.2) is 4.79 Å². The van der Waals surface area contributed by atoms with E-state index in [1.165, 1.54) is 0 Å². The number of hydrogen-bond acceptors (Lipinski definition) is 6. The smallest absolute Gasteiger partial charge is 0.338 e. The van der Waals surface area contributed by atoms with Gasteiger partial charge in [0.15, 0.2) is 23.4 Å². The second kappa shape index (κ2) is 6.19. The number of hydrogen-bond donors (Lipinski definition) is 0. The summed E-state index contributed by atoms with van der Waals surface area (Å²) in [5, 5.41) is 0. The predicted octanol–water partition coefficient (Wildman–Crippen LogP) is 2.82. The van der Waals surface area contributed by atoms with Crippen LogP contribution in [0.5, 0.6) is 11.5 Å². The molecule has 29 heavy (non-hydrogen) atoms. The van der Waals surface area contributed by atoms with Crippen molar-refractivity contribution in [1.82, 2.24) is 4.90 Å². The molecule has 0 spiro atoms. The van der Waals surface area contributed by atoms with Crippen molar-refractivity contribution in [2.75, 3.05) is 13.3 Å². The molecule has 2 aromatic rings. The molecule has 1 aliphatic carbocycles. The van der Waals surface area contributed by atoms with Crippen LogP contribution in [0.1, 0.15) is 33.8 Å². The lowest BCUT2D eigenvalue weighted by Crippen LogP contribution is -2.50. The highest BCUT2D eigenvalue weighted by Crippen LogP contribution is 2.49. The monoisotopic (exact) mass is 389 g/mol. The van der Waals surface area contributed by atoms with Crippen LogP contribution in [0.25, 0.3) is 0 Å². The minimum Gasteiger partial charge on any atom is -0.454 e. The van der Waals surface area contributed by atoms with Crippen LogP contribution < -0.4 is 9.47 Å². The number of fused-ring (bicyclic) bond motifs is 3. The fourth-order valence-corrected chi connectivity index (χ4v) is 5.08. The maximum absolute atomic E-state index is 13.0. The largest absolute Gasteiger partial charge is 0.454 e. The molecule has 6 heteroatoms. The highest BCUT2D eigenvalue weighted by Gasteiger charge is 2.51. The Bertz CT molecular complexity index is 1060. The first kappa shape index (κ1) is 16.8. The van der Waals surface area contributed by atoms with Crippen LogP contribution >= 0.6 is 0 Å². The molecule has 4 aliphatic rings. The molecule has 0 aromatic heterocycles. The SMILES string of the molecule is O=C(O[C@@H]1C(=O)C=C2CCN3Cc4cc5c(cc4[C@H]1C23)OCO5)c1ccccc1. The molecule has 6 nitrogen and oxygen atoms in total. The number of rotatable bonds is 2. The zero-order chi connectivity index (χ0) is 19.5. The first-order chi connectivity index (χ1) is 14.2. The van der Waals surface area contributed by atoms with Crippen molar-refractivity contribution >= 4 is 11.8 Å². The molecule has 1 fully saturated rings. The lowest BCUT2D eigenvalue weighted by molar-refractivity contribution is -0.126. The molecule has 146 valence electrons. The van der Waals surface area contributed by atoms with Gasteiger partial charge in [0.05, 0.1) is 5.56 Å². The van der Waals surface area contributed by atoms with Gasteiger partial charge in [0, 0.05) is 25.0 Å². The van der Waals surface area contributed by atoms with Crippen LogP contribution in [0.15, 0.2) is 54.1 Å². The molecule has 1 unspecified atom stereocenters. The third-order valence-electron chi connectivity index (χ3n) is 6.35. The van der Waals surface area contributed by atoms with E-state index in [-0.39, 0.29) is 24.5 Å². The van der Waals surface area contributed by atoms with Gasteiger partial charge in [-0.15, -0.1) is 0 Å². The Morgan fingerprint density at radius 3 is 2.72 bits per heavy atom. The van der Waals surface area contributed by atoms with E-state index in [9.17, 15) is 9.59 Å². The molecule has 0 radical (unpaired) electrons. The van der Waals surface area contributed by atoms with E-state index in [4.69, 9.17) is 14.2 Å². The van der Waals surface area contributed by atoms with Gasteiger partial charge < -0.3 is 14.2 Å². The summed E-state index contributed by atoms with van der Waals surface area (Å²) in [6, 6.07) is 12.9. The molecule has 0 N–H and O–H groups in total. The number of ketones is 1. The number of esters is 1. The zero-order valence-corrected chi connectivity index (χ0v) is 15.7. The van der Waals surface area contributed by atoms with Crippen LogP contribution in [0.4, 0.5) is 0 Å². The summed E-state index contributed by atoms with van der Waals surface area (Å²) >= 11 is 0. The third-order valence-corrected chi connectivity index (χ3v) is 6.35. The molecule has 0 saturated carbocycles. The minimum atomic E-state index is -0.850. The topological polar surface area (TPSA) is 65.1 Å². The molecule has 3 atom stereocenters. The molecular weight excluding hydrogens is 370 g/mol. The maximum atomic E-state index is 13.0. The Labute approximate surface area is 167 Å². The Balaban J connectivity index is 1.44. The molecule has 2 aromatic carbocycles. The van der Waals surface area contributed by atoms with E-state index in [0.29, 0.717) is 11.3 Å². The molecule has 3 heterocycles. The van der Waals surface area contributed by atoms with Gasteiger partial charge >= 0.3 is 5.97 Å². The van der Waals surface area contributed by atoms with Crippen molar-refractivity contribution in [3.8, 4) is 11.5 Å².